The van der Waals surface area contributed by atoms with E-state index in [2.05, 4.69) is 33.7 Å². The van der Waals surface area contributed by atoms with Gasteiger partial charge in [-0.2, -0.15) is 11.8 Å². The molecule has 1 unspecified atom stereocenters. The van der Waals surface area contributed by atoms with Crippen LogP contribution in [-0.2, 0) is 27.3 Å². The van der Waals surface area contributed by atoms with Crippen LogP contribution in [0.3, 0.4) is 0 Å². The summed E-state index contributed by atoms with van der Waals surface area (Å²) in [6.45, 7) is 7.67. The number of ether oxygens (including phenoxy) is 4. The number of hydrogen-bond donors (Lipinski definition) is 2. The van der Waals surface area contributed by atoms with E-state index in [1.165, 1.54) is 0 Å². The van der Waals surface area contributed by atoms with Crippen LogP contribution < -0.4 is 9.47 Å². The molecule has 0 radical (unpaired) electrons. The first-order valence-electron chi connectivity index (χ1n) is 20.8. The Labute approximate surface area is 341 Å². The van der Waals surface area contributed by atoms with E-state index in [1.54, 1.807) is 18.5 Å². The lowest BCUT2D eigenvalue weighted by atomic mass is 9.56. The Morgan fingerprint density at radius 2 is 1.93 bits per heavy atom. The fraction of sp³-hybridized carbons (Fsp3) is 0.556. The standard InChI is InChI=1S/C45H58N4O7S/c1-3-23-54-45-41(57-25-18-33-29-46-19-20-47-33)28-39(49-56-42-15-6-9-24-52-42)37-26-32(12-4-7-21-50)36(14-5-8-22-51)43(44(37)45)38-27-35(16-17-40(38)55-45)53-30-34-13-10-11-31(2)48-34/h3,10-11,13,16-17,19-20,26-27,29,32,36,41-44,50-51H,1,4-9,12,14-15,18,21-25,28,30H2,2H3/t32-,36+,41-,42?,43+,44+,45+/m0/s1. The molecule has 2 aromatic heterocycles. The van der Waals surface area contributed by atoms with Crippen molar-refractivity contribution >= 4 is 17.5 Å². The zero-order chi connectivity index (χ0) is 39.5. The molecular weight excluding hydrogens is 741 g/mol. The number of hydrogen-bond acceptors (Lipinski definition) is 12. The number of aryl methyl sites for hydroxylation is 2. The van der Waals surface area contributed by atoms with Gasteiger partial charge in [-0.25, -0.2) is 0 Å². The van der Waals surface area contributed by atoms with Crippen molar-refractivity contribution < 1.29 is 34.0 Å². The minimum absolute atomic E-state index is 0.0310. The number of aromatic nitrogens is 3. The monoisotopic (exact) mass is 798 g/mol. The van der Waals surface area contributed by atoms with Crippen molar-refractivity contribution in [1.82, 2.24) is 15.0 Å². The molecule has 12 heteroatoms. The topological polar surface area (TPSA) is 138 Å². The second-order valence-corrected chi connectivity index (χ2v) is 16.8. The second kappa shape index (κ2) is 20.2. The largest absolute Gasteiger partial charge is 0.487 e. The number of aliphatic hydroxyl groups is 2. The van der Waals surface area contributed by atoms with Crippen molar-refractivity contribution in [3.8, 4) is 11.5 Å². The Morgan fingerprint density at radius 1 is 1.05 bits per heavy atom. The van der Waals surface area contributed by atoms with Crippen molar-refractivity contribution in [2.45, 2.75) is 107 Å². The molecule has 1 saturated heterocycles. The van der Waals surface area contributed by atoms with E-state index >= 15 is 0 Å². The molecule has 4 heterocycles. The Morgan fingerprint density at radius 3 is 2.70 bits per heavy atom. The summed E-state index contributed by atoms with van der Waals surface area (Å²) >= 11 is 1.82. The zero-order valence-electron chi connectivity index (χ0n) is 33.2. The van der Waals surface area contributed by atoms with E-state index in [4.69, 9.17) is 28.9 Å². The first-order valence-corrected chi connectivity index (χ1v) is 21.9. The molecule has 4 aliphatic rings. The fourth-order valence-electron chi connectivity index (χ4n) is 9.08. The van der Waals surface area contributed by atoms with E-state index in [9.17, 15) is 10.2 Å². The van der Waals surface area contributed by atoms with Crippen LogP contribution in [0.1, 0.15) is 92.8 Å². The van der Waals surface area contributed by atoms with Crippen LogP contribution in [0.2, 0.25) is 0 Å². The second-order valence-electron chi connectivity index (χ2n) is 15.5. The van der Waals surface area contributed by atoms with Crippen LogP contribution in [-0.4, -0.2) is 80.4 Å². The molecule has 2 aliphatic heterocycles. The SMILES string of the molecule is C=CCO[C@@]12Oc3ccc(OCc4cccc(C)n4)cc3[C@H]3[C@H](CCCCO)[C@@H](CCCCO)C=C(C(=NOC4CCCCO4)C[C@@H]1SCCc1cnccn1)[C@H]32. The first kappa shape index (κ1) is 41.4. The van der Waals surface area contributed by atoms with Gasteiger partial charge >= 0.3 is 0 Å². The molecule has 1 aromatic carbocycles. The van der Waals surface area contributed by atoms with Crippen LogP contribution in [0, 0.1) is 24.7 Å². The lowest BCUT2D eigenvalue weighted by Crippen LogP contribution is -2.64. The molecule has 7 atom stereocenters. The third-order valence-electron chi connectivity index (χ3n) is 11.7. The van der Waals surface area contributed by atoms with E-state index in [0.29, 0.717) is 26.2 Å². The first-order chi connectivity index (χ1) is 28.0. The smallest absolute Gasteiger partial charge is 0.230 e. The Kier molecular flexibility index (Phi) is 14.7. The number of benzene rings is 1. The number of rotatable bonds is 20. The minimum Gasteiger partial charge on any atom is -0.487 e. The van der Waals surface area contributed by atoms with Gasteiger partial charge in [0, 0.05) is 68.2 Å². The predicted molar refractivity (Wildman–Crippen MR) is 221 cm³/mol. The molecule has 1 saturated carbocycles. The fourth-order valence-corrected chi connectivity index (χ4v) is 10.5. The van der Waals surface area contributed by atoms with Gasteiger partial charge in [-0.1, -0.05) is 36.2 Å². The van der Waals surface area contributed by atoms with E-state index < -0.39 is 5.79 Å². The van der Waals surface area contributed by atoms with Crippen LogP contribution in [0.25, 0.3) is 0 Å². The van der Waals surface area contributed by atoms with Crippen molar-refractivity contribution in [3.05, 3.63) is 102 Å². The molecule has 2 fully saturated rings. The molecule has 0 bridgehead atoms. The molecule has 0 amide bonds. The summed E-state index contributed by atoms with van der Waals surface area (Å²) in [5.74, 6) is 1.38. The van der Waals surface area contributed by atoms with Crippen molar-refractivity contribution in [3.63, 3.8) is 0 Å². The van der Waals surface area contributed by atoms with Crippen molar-refractivity contribution in [1.29, 1.82) is 0 Å². The quantitative estimate of drug-likeness (QED) is 0.0656. The molecule has 11 nitrogen and oxygen atoms in total. The number of allylic oxidation sites excluding steroid dienone is 1. The average Bonchev–Trinajstić information content (AvgIpc) is 3.24. The normalized spacial score (nSPS) is 27.1. The van der Waals surface area contributed by atoms with Gasteiger partial charge < -0.3 is 34.0 Å². The highest BCUT2D eigenvalue weighted by Gasteiger charge is 2.64. The van der Waals surface area contributed by atoms with Gasteiger partial charge in [0.25, 0.3) is 0 Å². The summed E-state index contributed by atoms with van der Waals surface area (Å²) in [6.07, 6.45) is 18.4. The molecule has 306 valence electrons. The number of aliphatic hydroxyl groups excluding tert-OH is 2. The van der Waals surface area contributed by atoms with Crippen LogP contribution in [0.5, 0.6) is 11.5 Å². The molecule has 3 aromatic rings. The van der Waals surface area contributed by atoms with Gasteiger partial charge in [-0.3, -0.25) is 15.0 Å². The lowest BCUT2D eigenvalue weighted by molar-refractivity contribution is -0.223. The summed E-state index contributed by atoms with van der Waals surface area (Å²) in [5, 5.41) is 24.6. The van der Waals surface area contributed by atoms with E-state index in [1.807, 2.05) is 55.2 Å². The summed E-state index contributed by atoms with van der Waals surface area (Å²) in [5.41, 5.74) is 5.83. The summed E-state index contributed by atoms with van der Waals surface area (Å²) < 4.78 is 26.8. The third kappa shape index (κ3) is 9.91. The highest BCUT2D eigenvalue weighted by atomic mass is 32.2. The van der Waals surface area contributed by atoms with Gasteiger partial charge in [0.15, 0.2) is 0 Å². The average molecular weight is 799 g/mol. The van der Waals surface area contributed by atoms with Gasteiger partial charge in [0.05, 0.1) is 41.5 Å². The number of pyridine rings is 1. The van der Waals surface area contributed by atoms with Crippen LogP contribution in [0.15, 0.2) is 84.4 Å². The summed E-state index contributed by atoms with van der Waals surface area (Å²) in [7, 11) is 0. The summed E-state index contributed by atoms with van der Waals surface area (Å²) in [6, 6.07) is 12.2. The molecule has 2 N–H and O–H groups in total. The predicted octanol–water partition coefficient (Wildman–Crippen LogP) is 7.90. The van der Waals surface area contributed by atoms with E-state index in [0.717, 1.165) is 115 Å². The van der Waals surface area contributed by atoms with Crippen molar-refractivity contribution in [2.75, 3.05) is 32.2 Å². The van der Waals surface area contributed by atoms with Gasteiger partial charge in [0.2, 0.25) is 12.1 Å². The molecule has 57 heavy (non-hydrogen) atoms. The Hall–Kier alpha value is -3.81. The van der Waals surface area contributed by atoms with Gasteiger partial charge in [0.1, 0.15) is 18.1 Å². The third-order valence-corrected chi connectivity index (χ3v) is 13.0. The van der Waals surface area contributed by atoms with Crippen LogP contribution in [0.4, 0.5) is 0 Å². The van der Waals surface area contributed by atoms with Crippen LogP contribution >= 0.6 is 11.8 Å². The lowest BCUT2D eigenvalue weighted by Gasteiger charge is -2.58. The molecule has 2 aliphatic carbocycles. The highest BCUT2D eigenvalue weighted by molar-refractivity contribution is 8.00. The Bertz CT molecular complexity index is 1820. The number of fused-ring (bicyclic) bond motifs is 2. The number of oxime groups is 1. The maximum Gasteiger partial charge on any atom is 0.230 e. The van der Waals surface area contributed by atoms with E-state index in [-0.39, 0.29) is 48.4 Å². The maximum atomic E-state index is 9.94. The number of unbranched alkanes of at least 4 members (excludes halogenated alkanes) is 2. The number of thioether (sulfide) groups is 1. The molecular formula is C45H58N4O7S. The highest BCUT2D eigenvalue weighted by Crippen LogP contribution is 2.62. The van der Waals surface area contributed by atoms with Crippen molar-refractivity contribution in [2.24, 2.45) is 22.9 Å². The summed E-state index contributed by atoms with van der Waals surface area (Å²) in [4.78, 5) is 19.8. The molecule has 0 spiro atoms. The number of nitrogens with zero attached hydrogens (tertiary/aromatic N) is 4. The Balaban J connectivity index is 1.34. The zero-order valence-corrected chi connectivity index (χ0v) is 34.0. The minimum atomic E-state index is -1.05. The molecule has 7 rings (SSSR count). The maximum absolute atomic E-state index is 9.94. The van der Waals surface area contributed by atoms with Gasteiger partial charge in [-0.05, 0) is 98.9 Å². The van der Waals surface area contributed by atoms with Gasteiger partial charge in [-0.15, -0.1) is 6.58 Å².